The Hall–Kier alpha value is -2.93. The van der Waals surface area contributed by atoms with Crippen molar-refractivity contribution in [2.75, 3.05) is 19.6 Å². The number of hydrogen-bond acceptors (Lipinski definition) is 4. The number of nitrogens with one attached hydrogen (secondary N) is 3. The number of likely N-dealkylation sites (tertiary alicyclic amines) is 1. The fourth-order valence-electron chi connectivity index (χ4n) is 4.84. The maximum Gasteiger partial charge on any atom is 0.255 e. The Bertz CT molecular complexity index is 982. The minimum Gasteiger partial charge on any atom is -0.349 e. The molecule has 0 radical (unpaired) electrons. The third-order valence-electron chi connectivity index (χ3n) is 6.86. The van der Waals surface area contributed by atoms with Gasteiger partial charge in [-0.1, -0.05) is 58.1 Å². The smallest absolute Gasteiger partial charge is 0.255 e. The summed E-state index contributed by atoms with van der Waals surface area (Å²) in [7, 11) is 0. The monoisotopic (exact) mass is 494 g/mol. The zero-order chi connectivity index (χ0) is 26.1. The van der Waals surface area contributed by atoms with Crippen molar-refractivity contribution in [2.24, 2.45) is 11.8 Å². The Balaban J connectivity index is 0.00000176. The second-order valence-corrected chi connectivity index (χ2v) is 9.82. The molecule has 0 bridgehead atoms. The molecule has 36 heavy (non-hydrogen) atoms. The lowest BCUT2D eigenvalue weighted by molar-refractivity contribution is -0.132. The summed E-state index contributed by atoms with van der Waals surface area (Å²) < 4.78 is 0. The lowest BCUT2D eigenvalue weighted by Crippen LogP contribution is -2.44. The van der Waals surface area contributed by atoms with E-state index < -0.39 is 0 Å². The van der Waals surface area contributed by atoms with E-state index in [2.05, 4.69) is 22.9 Å². The van der Waals surface area contributed by atoms with Crippen LogP contribution in [0.2, 0.25) is 0 Å². The molecule has 2 atom stereocenters. The summed E-state index contributed by atoms with van der Waals surface area (Å²) in [6, 6.07) is 0.152. The third-order valence-corrected chi connectivity index (χ3v) is 6.86. The van der Waals surface area contributed by atoms with E-state index in [-0.39, 0.29) is 29.7 Å². The van der Waals surface area contributed by atoms with Crippen LogP contribution in [0.25, 0.3) is 0 Å². The first kappa shape index (κ1) is 27.7. The first-order valence-electron chi connectivity index (χ1n) is 13.6. The van der Waals surface area contributed by atoms with Crippen molar-refractivity contribution < 1.29 is 14.4 Å². The highest BCUT2D eigenvalue weighted by Gasteiger charge is 2.27. The fraction of sp³-hybridized carbons (Fsp3) is 0.552. The maximum absolute atomic E-state index is 13.3. The highest BCUT2D eigenvalue weighted by molar-refractivity contribution is 6.03. The van der Waals surface area contributed by atoms with Crippen molar-refractivity contribution in [3.8, 4) is 0 Å². The third kappa shape index (κ3) is 7.29. The summed E-state index contributed by atoms with van der Waals surface area (Å²) in [5.41, 5.74) is 2.34. The molecule has 7 nitrogen and oxygen atoms in total. The fourth-order valence-corrected chi connectivity index (χ4v) is 4.84. The standard InChI is InChI=1S/C27H36N4O3.C2H6/c1-18-7-9-20(16-22(15-18)31-17-19(2)8-10-25(31)32)26(33)30-24-6-4-3-5-23(24)27(34)29-21-11-13-28-14-12-21;1-2/h5-7,9,15-16,18-19,21,28H,3-4,8,10-14,17H2,1-2H3,(H,29,34)(H,30,33);1-2H3. The average Bonchev–Trinajstić information content (AvgIpc) is 3.09. The molecule has 4 aliphatic rings. The number of piperidine rings is 2. The van der Waals surface area contributed by atoms with Gasteiger partial charge in [0, 0.05) is 36.0 Å². The molecule has 3 amide bonds. The quantitative estimate of drug-likeness (QED) is 0.541. The minimum absolute atomic E-state index is 0.0988. The summed E-state index contributed by atoms with van der Waals surface area (Å²) in [5, 5.41) is 9.40. The van der Waals surface area contributed by atoms with Gasteiger partial charge in [0.15, 0.2) is 0 Å². The number of amides is 3. The van der Waals surface area contributed by atoms with Crippen LogP contribution in [-0.2, 0) is 14.4 Å². The van der Waals surface area contributed by atoms with Crippen LogP contribution in [0.4, 0.5) is 0 Å². The molecular formula is C29H42N4O3. The maximum atomic E-state index is 13.3. The molecule has 3 N–H and O–H groups in total. The van der Waals surface area contributed by atoms with Crippen LogP contribution in [0.3, 0.4) is 0 Å². The lowest BCUT2D eigenvalue weighted by Gasteiger charge is -2.32. The molecule has 4 rings (SSSR count). The van der Waals surface area contributed by atoms with Crippen molar-refractivity contribution >= 4 is 17.7 Å². The topological polar surface area (TPSA) is 90.5 Å². The van der Waals surface area contributed by atoms with E-state index in [9.17, 15) is 14.4 Å². The number of rotatable bonds is 5. The first-order chi connectivity index (χ1) is 17.4. The largest absolute Gasteiger partial charge is 0.349 e. The van der Waals surface area contributed by atoms with Gasteiger partial charge in [0.05, 0.1) is 5.57 Å². The molecule has 196 valence electrons. The van der Waals surface area contributed by atoms with Gasteiger partial charge in [-0.3, -0.25) is 14.4 Å². The van der Waals surface area contributed by atoms with Crippen LogP contribution in [-0.4, -0.2) is 48.3 Å². The van der Waals surface area contributed by atoms with Crippen LogP contribution in [0, 0.1) is 11.8 Å². The highest BCUT2D eigenvalue weighted by atomic mass is 16.2. The molecule has 2 aliphatic heterocycles. The molecule has 0 aromatic rings. The molecule has 2 fully saturated rings. The summed E-state index contributed by atoms with van der Waals surface area (Å²) in [6.07, 6.45) is 16.2. The van der Waals surface area contributed by atoms with E-state index in [1.54, 1.807) is 6.08 Å². The van der Waals surface area contributed by atoms with Gasteiger partial charge in [-0.25, -0.2) is 0 Å². The molecule has 2 aliphatic carbocycles. The Kier molecular flexibility index (Phi) is 10.3. The molecule has 2 unspecified atom stereocenters. The SMILES string of the molecule is CC.CC1C=CC(C(=O)NC2=CCCC=C2C(=O)NC2CCNCC2)=CC(N2CC(C)CCC2=O)=C1. The van der Waals surface area contributed by atoms with Crippen molar-refractivity contribution in [1.29, 1.82) is 0 Å². The van der Waals surface area contributed by atoms with Gasteiger partial charge in [0.1, 0.15) is 0 Å². The average molecular weight is 495 g/mol. The summed E-state index contributed by atoms with van der Waals surface area (Å²) in [6.45, 7) is 10.7. The van der Waals surface area contributed by atoms with Crippen LogP contribution < -0.4 is 16.0 Å². The zero-order valence-corrected chi connectivity index (χ0v) is 22.2. The summed E-state index contributed by atoms with van der Waals surface area (Å²) in [5.74, 6) is 0.216. The molecule has 0 spiro atoms. The van der Waals surface area contributed by atoms with Crippen molar-refractivity contribution in [1.82, 2.24) is 20.9 Å². The van der Waals surface area contributed by atoms with Gasteiger partial charge >= 0.3 is 0 Å². The van der Waals surface area contributed by atoms with E-state index in [0.717, 1.165) is 50.9 Å². The van der Waals surface area contributed by atoms with E-state index in [1.165, 1.54) is 0 Å². The molecule has 2 saturated heterocycles. The van der Waals surface area contributed by atoms with Crippen LogP contribution in [0.1, 0.15) is 66.2 Å². The highest BCUT2D eigenvalue weighted by Crippen LogP contribution is 2.26. The lowest BCUT2D eigenvalue weighted by atomic mass is 9.98. The Morgan fingerprint density at radius 3 is 2.50 bits per heavy atom. The van der Waals surface area contributed by atoms with Crippen molar-refractivity contribution in [2.45, 2.75) is 72.3 Å². The number of allylic oxidation sites excluding steroid dienone is 5. The van der Waals surface area contributed by atoms with Gasteiger partial charge in [0.2, 0.25) is 5.91 Å². The second kappa shape index (κ2) is 13.4. The predicted molar refractivity (Wildman–Crippen MR) is 144 cm³/mol. The summed E-state index contributed by atoms with van der Waals surface area (Å²) >= 11 is 0. The Morgan fingerprint density at radius 2 is 1.75 bits per heavy atom. The molecule has 0 aromatic heterocycles. The van der Waals surface area contributed by atoms with Gasteiger partial charge < -0.3 is 20.9 Å². The van der Waals surface area contributed by atoms with Gasteiger partial charge in [-0.15, -0.1) is 0 Å². The van der Waals surface area contributed by atoms with Gasteiger partial charge in [0.25, 0.3) is 11.8 Å². The van der Waals surface area contributed by atoms with E-state index in [4.69, 9.17) is 0 Å². The van der Waals surface area contributed by atoms with Gasteiger partial charge in [-0.05, 0) is 63.1 Å². The Morgan fingerprint density at radius 1 is 1.03 bits per heavy atom. The normalized spacial score (nSPS) is 24.8. The first-order valence-corrected chi connectivity index (χ1v) is 13.6. The summed E-state index contributed by atoms with van der Waals surface area (Å²) in [4.78, 5) is 40.7. The van der Waals surface area contributed by atoms with E-state index in [0.29, 0.717) is 35.7 Å². The zero-order valence-electron chi connectivity index (χ0n) is 22.2. The molecular weight excluding hydrogens is 452 g/mol. The number of nitrogens with zero attached hydrogens (tertiary/aromatic N) is 1. The van der Waals surface area contributed by atoms with E-state index >= 15 is 0 Å². The van der Waals surface area contributed by atoms with Crippen LogP contribution in [0.5, 0.6) is 0 Å². The van der Waals surface area contributed by atoms with Crippen LogP contribution >= 0.6 is 0 Å². The minimum atomic E-state index is -0.275. The predicted octanol–water partition coefficient (Wildman–Crippen LogP) is 3.88. The molecule has 7 heteroatoms. The molecule has 0 aromatic carbocycles. The molecule has 2 heterocycles. The number of carbonyl (C=O) groups is 3. The van der Waals surface area contributed by atoms with Crippen LogP contribution in [0.15, 0.2) is 59.0 Å². The number of hydrogen-bond donors (Lipinski definition) is 3. The molecule has 0 saturated carbocycles. The van der Waals surface area contributed by atoms with E-state index in [1.807, 2.05) is 56.1 Å². The Labute approximate surface area is 215 Å². The van der Waals surface area contributed by atoms with Crippen molar-refractivity contribution in [3.05, 3.63) is 59.0 Å². The van der Waals surface area contributed by atoms with Gasteiger partial charge in [-0.2, -0.15) is 0 Å². The van der Waals surface area contributed by atoms with Crippen molar-refractivity contribution in [3.63, 3.8) is 0 Å². The number of carbonyl (C=O) groups excluding carboxylic acids is 3. The second-order valence-electron chi connectivity index (χ2n) is 9.82.